The third-order valence-electron chi connectivity index (χ3n) is 3.67. The molecule has 1 heterocycles. The van der Waals surface area contributed by atoms with Gasteiger partial charge in [-0.1, -0.05) is 13.3 Å². The van der Waals surface area contributed by atoms with Crippen LogP contribution >= 0.6 is 0 Å². The molecule has 0 aliphatic heterocycles. The zero-order valence-electron chi connectivity index (χ0n) is 12.0. The third kappa shape index (κ3) is 3.39. The van der Waals surface area contributed by atoms with Gasteiger partial charge < -0.3 is 16.2 Å². The monoisotopic (exact) mass is 273 g/mol. The summed E-state index contributed by atoms with van der Waals surface area (Å²) in [5.41, 5.74) is 7.80. The molecule has 1 aromatic carbocycles. The molecule has 0 aliphatic carbocycles. The van der Waals surface area contributed by atoms with E-state index in [2.05, 4.69) is 17.2 Å². The van der Waals surface area contributed by atoms with Crippen molar-refractivity contribution in [2.45, 2.75) is 26.2 Å². The Morgan fingerprint density at radius 3 is 2.85 bits per heavy atom. The molecule has 0 spiro atoms. The standard InChI is InChI=1S/C16H23N3O/c1-2-3-12(7-9-20)10-19-16-5-4-15(17)14-11-18-8-6-13(14)16/h4-6,8,11-12,19-20H,2-3,7,9-10,17H2,1H3. The van der Waals surface area contributed by atoms with Crippen LogP contribution in [0.4, 0.5) is 11.4 Å². The van der Waals surface area contributed by atoms with Crippen molar-refractivity contribution in [2.75, 3.05) is 24.2 Å². The highest BCUT2D eigenvalue weighted by atomic mass is 16.3. The number of aliphatic hydroxyl groups excluding tert-OH is 1. The highest BCUT2D eigenvalue weighted by Crippen LogP contribution is 2.27. The van der Waals surface area contributed by atoms with Crippen LogP contribution in [-0.4, -0.2) is 23.2 Å². The van der Waals surface area contributed by atoms with E-state index >= 15 is 0 Å². The highest BCUT2D eigenvalue weighted by molar-refractivity contribution is 6.00. The van der Waals surface area contributed by atoms with Crippen LogP contribution < -0.4 is 11.1 Å². The van der Waals surface area contributed by atoms with E-state index in [1.165, 1.54) is 0 Å². The Bertz CT molecular complexity index is 550. The predicted molar refractivity (Wildman–Crippen MR) is 84.7 cm³/mol. The first-order valence-electron chi connectivity index (χ1n) is 7.23. The summed E-state index contributed by atoms with van der Waals surface area (Å²) in [4.78, 5) is 4.13. The van der Waals surface area contributed by atoms with E-state index in [0.29, 0.717) is 5.92 Å². The van der Waals surface area contributed by atoms with E-state index in [9.17, 15) is 0 Å². The van der Waals surface area contributed by atoms with Gasteiger partial charge in [0.1, 0.15) is 0 Å². The number of rotatable bonds is 7. The summed E-state index contributed by atoms with van der Waals surface area (Å²) in [6, 6.07) is 5.90. The molecule has 0 saturated carbocycles. The lowest BCUT2D eigenvalue weighted by atomic mass is 10.00. The Labute approximate surface area is 120 Å². The second-order valence-electron chi connectivity index (χ2n) is 5.17. The van der Waals surface area contributed by atoms with Gasteiger partial charge >= 0.3 is 0 Å². The first-order valence-corrected chi connectivity index (χ1v) is 7.23. The molecule has 108 valence electrons. The van der Waals surface area contributed by atoms with E-state index in [-0.39, 0.29) is 6.61 Å². The highest BCUT2D eigenvalue weighted by Gasteiger charge is 2.09. The van der Waals surface area contributed by atoms with Crippen LogP contribution in [0.25, 0.3) is 10.8 Å². The lowest BCUT2D eigenvalue weighted by Crippen LogP contribution is -2.16. The molecule has 0 saturated heterocycles. The number of hydrogen-bond acceptors (Lipinski definition) is 4. The minimum Gasteiger partial charge on any atom is -0.398 e. The fourth-order valence-electron chi connectivity index (χ4n) is 2.56. The summed E-state index contributed by atoms with van der Waals surface area (Å²) in [5, 5.41) is 14.7. The molecule has 4 N–H and O–H groups in total. The average Bonchev–Trinajstić information content (AvgIpc) is 2.47. The van der Waals surface area contributed by atoms with E-state index in [1.807, 2.05) is 18.2 Å². The van der Waals surface area contributed by atoms with Crippen LogP contribution in [0.15, 0.2) is 30.6 Å². The zero-order chi connectivity index (χ0) is 14.4. The van der Waals surface area contributed by atoms with Crippen molar-refractivity contribution in [3.8, 4) is 0 Å². The minimum absolute atomic E-state index is 0.249. The SMILES string of the molecule is CCCC(CCO)CNc1ccc(N)c2cnccc12. The molecule has 1 aromatic heterocycles. The summed E-state index contributed by atoms with van der Waals surface area (Å²) in [6.07, 6.45) is 6.69. The van der Waals surface area contributed by atoms with Crippen molar-refractivity contribution < 1.29 is 5.11 Å². The first-order chi connectivity index (χ1) is 9.76. The normalized spacial score (nSPS) is 12.5. The Hall–Kier alpha value is -1.81. The quantitative estimate of drug-likeness (QED) is 0.678. The lowest BCUT2D eigenvalue weighted by Gasteiger charge is -2.18. The second kappa shape index (κ2) is 7.10. The van der Waals surface area contributed by atoms with Gasteiger partial charge in [-0.3, -0.25) is 4.98 Å². The number of nitrogens with one attached hydrogen (secondary N) is 1. The molecule has 0 aliphatic rings. The Morgan fingerprint density at radius 1 is 1.25 bits per heavy atom. The number of nitrogens with two attached hydrogens (primary N) is 1. The van der Waals surface area contributed by atoms with Crippen molar-refractivity contribution in [2.24, 2.45) is 5.92 Å². The molecule has 0 fully saturated rings. The summed E-state index contributed by atoms with van der Waals surface area (Å²) in [6.45, 7) is 3.29. The maximum atomic E-state index is 9.12. The molecule has 1 unspecified atom stereocenters. The molecule has 0 bridgehead atoms. The lowest BCUT2D eigenvalue weighted by molar-refractivity contribution is 0.255. The van der Waals surface area contributed by atoms with E-state index in [4.69, 9.17) is 10.8 Å². The summed E-state index contributed by atoms with van der Waals surface area (Å²) >= 11 is 0. The van der Waals surface area contributed by atoms with Gasteiger partial charge in [0, 0.05) is 47.7 Å². The van der Waals surface area contributed by atoms with Gasteiger partial charge in [-0.15, -0.1) is 0 Å². The maximum Gasteiger partial charge on any atom is 0.0434 e. The van der Waals surface area contributed by atoms with Crippen LogP contribution in [0, 0.1) is 5.92 Å². The van der Waals surface area contributed by atoms with E-state index in [1.54, 1.807) is 12.4 Å². The third-order valence-corrected chi connectivity index (χ3v) is 3.67. The number of fused-ring (bicyclic) bond motifs is 1. The van der Waals surface area contributed by atoms with Gasteiger partial charge in [-0.25, -0.2) is 0 Å². The van der Waals surface area contributed by atoms with Crippen molar-refractivity contribution in [1.29, 1.82) is 0 Å². The van der Waals surface area contributed by atoms with Crippen LogP contribution in [0.3, 0.4) is 0 Å². The fourth-order valence-corrected chi connectivity index (χ4v) is 2.56. The van der Waals surface area contributed by atoms with Gasteiger partial charge in [-0.05, 0) is 37.0 Å². The molecule has 0 amide bonds. The molecular formula is C16H23N3O. The Kier molecular flexibility index (Phi) is 5.18. The number of aromatic nitrogens is 1. The summed E-state index contributed by atoms with van der Waals surface area (Å²) < 4.78 is 0. The number of nitrogen functional groups attached to an aromatic ring is 1. The van der Waals surface area contributed by atoms with Gasteiger partial charge in [0.05, 0.1) is 0 Å². The van der Waals surface area contributed by atoms with Crippen LogP contribution in [0.1, 0.15) is 26.2 Å². The molecule has 0 radical (unpaired) electrons. The number of aliphatic hydroxyl groups is 1. The molecule has 2 rings (SSSR count). The molecule has 4 heteroatoms. The Morgan fingerprint density at radius 2 is 2.10 bits per heavy atom. The molecular weight excluding hydrogens is 250 g/mol. The van der Waals surface area contributed by atoms with Crippen molar-refractivity contribution in [1.82, 2.24) is 4.98 Å². The topological polar surface area (TPSA) is 71.2 Å². The molecule has 4 nitrogen and oxygen atoms in total. The van der Waals surface area contributed by atoms with Gasteiger partial charge in [0.25, 0.3) is 0 Å². The van der Waals surface area contributed by atoms with Crippen LogP contribution in [-0.2, 0) is 0 Å². The first kappa shape index (κ1) is 14.6. The number of benzene rings is 1. The number of anilines is 2. The Balaban J connectivity index is 2.15. The van der Waals surface area contributed by atoms with E-state index < -0.39 is 0 Å². The number of pyridine rings is 1. The van der Waals surface area contributed by atoms with Gasteiger partial charge in [-0.2, -0.15) is 0 Å². The fraction of sp³-hybridized carbons (Fsp3) is 0.438. The smallest absolute Gasteiger partial charge is 0.0434 e. The van der Waals surface area contributed by atoms with Crippen LogP contribution in [0.5, 0.6) is 0 Å². The predicted octanol–water partition coefficient (Wildman–Crippen LogP) is 3.03. The van der Waals surface area contributed by atoms with Crippen molar-refractivity contribution >= 4 is 22.1 Å². The maximum absolute atomic E-state index is 9.12. The largest absolute Gasteiger partial charge is 0.398 e. The molecule has 2 aromatic rings. The zero-order valence-corrected chi connectivity index (χ0v) is 12.0. The van der Waals surface area contributed by atoms with E-state index in [0.717, 1.165) is 48.0 Å². The number of nitrogens with zero attached hydrogens (tertiary/aromatic N) is 1. The average molecular weight is 273 g/mol. The van der Waals surface area contributed by atoms with Crippen molar-refractivity contribution in [3.63, 3.8) is 0 Å². The summed E-state index contributed by atoms with van der Waals surface area (Å²) in [5.74, 6) is 0.499. The minimum atomic E-state index is 0.249. The molecule has 20 heavy (non-hydrogen) atoms. The van der Waals surface area contributed by atoms with Gasteiger partial charge in [0.15, 0.2) is 0 Å². The molecule has 1 atom stereocenters. The number of hydrogen-bond donors (Lipinski definition) is 3. The van der Waals surface area contributed by atoms with Crippen molar-refractivity contribution in [3.05, 3.63) is 30.6 Å². The second-order valence-corrected chi connectivity index (χ2v) is 5.17. The van der Waals surface area contributed by atoms with Crippen LogP contribution in [0.2, 0.25) is 0 Å². The van der Waals surface area contributed by atoms with Gasteiger partial charge in [0.2, 0.25) is 0 Å². The summed E-state index contributed by atoms with van der Waals surface area (Å²) in [7, 11) is 0.